The Labute approximate surface area is 96.7 Å². The summed E-state index contributed by atoms with van der Waals surface area (Å²) in [6.07, 6.45) is 0. The van der Waals surface area contributed by atoms with Crippen molar-refractivity contribution in [2.24, 2.45) is 0 Å². The van der Waals surface area contributed by atoms with Crippen molar-refractivity contribution in [1.82, 2.24) is 0 Å². The summed E-state index contributed by atoms with van der Waals surface area (Å²) in [6.45, 7) is 2.88. The van der Waals surface area contributed by atoms with Gasteiger partial charge >= 0.3 is 0 Å². The van der Waals surface area contributed by atoms with Crippen LogP contribution < -0.4 is 5.11 Å². The number of carbonyl (C=O) groups excluding carboxylic acids is 1. The van der Waals surface area contributed by atoms with Gasteiger partial charge in [-0.1, -0.05) is 23.5 Å². The second kappa shape index (κ2) is 4.63. The number of carboxylic acid groups (broad SMARTS) is 1. The van der Waals surface area contributed by atoms with Gasteiger partial charge in [-0.2, -0.15) is 0 Å². The fraction of sp³-hybridized carbons (Fsp3) is 0.375. The van der Waals surface area contributed by atoms with Gasteiger partial charge in [-0.05, 0) is 24.7 Å². The standard InChI is InChI=1S/C8H10O4S3/c1-5(2)15(11,12)6(7(9)10)8-13-3-4-14-8/h3-5H,1-2H3,(H,9,10)/p-1. The normalized spacial score (nSPS) is 16.1. The number of carboxylic acids is 1. The second-order valence-electron chi connectivity index (χ2n) is 3.01. The molecule has 0 aliphatic carbocycles. The molecule has 0 atom stereocenters. The van der Waals surface area contributed by atoms with Gasteiger partial charge < -0.3 is 9.90 Å². The summed E-state index contributed by atoms with van der Waals surface area (Å²) in [5.41, 5.74) is 0. The maximum atomic E-state index is 11.7. The van der Waals surface area contributed by atoms with Crippen LogP contribution in [0.4, 0.5) is 0 Å². The fourth-order valence-corrected chi connectivity index (χ4v) is 4.41. The molecule has 4 nitrogen and oxygen atoms in total. The molecule has 0 amide bonds. The van der Waals surface area contributed by atoms with Crippen molar-refractivity contribution in [2.45, 2.75) is 19.1 Å². The fourth-order valence-electron chi connectivity index (χ4n) is 0.865. The number of hydrogen-bond acceptors (Lipinski definition) is 6. The zero-order valence-electron chi connectivity index (χ0n) is 8.09. The van der Waals surface area contributed by atoms with Crippen LogP contribution in [0.2, 0.25) is 0 Å². The van der Waals surface area contributed by atoms with Crippen LogP contribution in [-0.4, -0.2) is 19.6 Å². The summed E-state index contributed by atoms with van der Waals surface area (Å²) >= 11 is 2.17. The highest BCUT2D eigenvalue weighted by Gasteiger charge is 2.27. The zero-order valence-corrected chi connectivity index (χ0v) is 10.5. The highest BCUT2D eigenvalue weighted by atomic mass is 32.2. The number of aliphatic carboxylic acids is 1. The van der Waals surface area contributed by atoms with E-state index in [1.807, 2.05) is 0 Å². The summed E-state index contributed by atoms with van der Waals surface area (Å²) in [5, 5.41) is 13.3. The lowest BCUT2D eigenvalue weighted by Gasteiger charge is -2.14. The van der Waals surface area contributed by atoms with E-state index in [2.05, 4.69) is 0 Å². The number of carbonyl (C=O) groups is 1. The van der Waals surface area contributed by atoms with Crippen LogP contribution in [-0.2, 0) is 14.6 Å². The molecule has 1 aliphatic rings. The minimum Gasteiger partial charge on any atom is -0.544 e. The van der Waals surface area contributed by atoms with E-state index in [4.69, 9.17) is 0 Å². The summed E-state index contributed by atoms with van der Waals surface area (Å²) in [5.74, 6) is -1.64. The molecular weight excluding hydrogens is 256 g/mol. The third-order valence-corrected chi connectivity index (χ3v) is 6.25. The van der Waals surface area contributed by atoms with Gasteiger partial charge in [-0.15, -0.1) is 0 Å². The topological polar surface area (TPSA) is 74.3 Å². The highest BCUT2D eigenvalue weighted by Crippen LogP contribution is 2.41. The van der Waals surface area contributed by atoms with Gasteiger partial charge in [0.05, 0.1) is 15.5 Å². The molecule has 0 aromatic heterocycles. The van der Waals surface area contributed by atoms with Gasteiger partial charge in [0.2, 0.25) is 0 Å². The van der Waals surface area contributed by atoms with Crippen molar-refractivity contribution >= 4 is 39.3 Å². The van der Waals surface area contributed by atoms with E-state index in [9.17, 15) is 18.3 Å². The molecule has 0 saturated carbocycles. The van der Waals surface area contributed by atoms with Crippen LogP contribution in [0.5, 0.6) is 0 Å². The SMILES string of the molecule is CC(C)S(=O)(=O)C(C(=O)[O-])=C1SC=CS1. The van der Waals surface area contributed by atoms with E-state index >= 15 is 0 Å². The number of thioether (sulfide) groups is 2. The van der Waals surface area contributed by atoms with Crippen LogP contribution >= 0.6 is 23.5 Å². The molecular formula is C8H9O4S3-. The lowest BCUT2D eigenvalue weighted by Crippen LogP contribution is -2.32. The first-order valence-electron chi connectivity index (χ1n) is 4.05. The molecule has 0 unspecified atom stereocenters. The van der Waals surface area contributed by atoms with E-state index in [1.54, 1.807) is 10.8 Å². The molecule has 0 fully saturated rings. The summed E-state index contributed by atoms with van der Waals surface area (Å²) in [7, 11) is -3.79. The van der Waals surface area contributed by atoms with Crippen molar-refractivity contribution in [1.29, 1.82) is 0 Å². The molecule has 0 aromatic carbocycles. The van der Waals surface area contributed by atoms with E-state index in [1.165, 1.54) is 13.8 Å². The minimum atomic E-state index is -3.79. The van der Waals surface area contributed by atoms with Crippen LogP contribution in [0.15, 0.2) is 20.0 Å². The molecule has 1 rings (SSSR count). The van der Waals surface area contributed by atoms with Crippen molar-refractivity contribution in [2.75, 3.05) is 0 Å². The molecule has 0 spiro atoms. The van der Waals surface area contributed by atoms with Gasteiger partial charge in [0, 0.05) is 0 Å². The van der Waals surface area contributed by atoms with Crippen LogP contribution in [0, 0.1) is 0 Å². The maximum Gasteiger partial charge on any atom is 0.184 e. The smallest absolute Gasteiger partial charge is 0.184 e. The van der Waals surface area contributed by atoms with E-state index in [0.29, 0.717) is 0 Å². The third-order valence-electron chi connectivity index (χ3n) is 1.68. The van der Waals surface area contributed by atoms with Crippen molar-refractivity contribution in [3.63, 3.8) is 0 Å². The number of sulfone groups is 1. The Hall–Kier alpha value is -0.400. The lowest BCUT2D eigenvalue weighted by molar-refractivity contribution is -0.298. The molecule has 84 valence electrons. The van der Waals surface area contributed by atoms with E-state index in [-0.39, 0.29) is 4.24 Å². The Kier molecular flexibility index (Phi) is 3.91. The van der Waals surface area contributed by atoms with Crippen molar-refractivity contribution in [3.05, 3.63) is 20.0 Å². The molecule has 1 heterocycles. The van der Waals surface area contributed by atoms with Gasteiger partial charge in [-0.3, -0.25) is 0 Å². The molecule has 1 aliphatic heterocycles. The zero-order chi connectivity index (χ0) is 11.6. The predicted molar refractivity (Wildman–Crippen MR) is 60.4 cm³/mol. The molecule has 0 bridgehead atoms. The monoisotopic (exact) mass is 265 g/mol. The van der Waals surface area contributed by atoms with Crippen LogP contribution in [0.25, 0.3) is 0 Å². The molecule has 0 aromatic rings. The minimum absolute atomic E-state index is 0.253. The Bertz CT molecular complexity index is 421. The first-order valence-corrected chi connectivity index (χ1v) is 7.35. The largest absolute Gasteiger partial charge is 0.544 e. The summed E-state index contributed by atoms with van der Waals surface area (Å²) < 4.78 is 23.7. The first kappa shape index (κ1) is 12.7. The first-order chi connectivity index (χ1) is 6.87. The average Bonchev–Trinajstić information content (AvgIpc) is 2.55. The van der Waals surface area contributed by atoms with E-state index < -0.39 is 26.0 Å². The molecule has 0 saturated heterocycles. The molecule has 7 heteroatoms. The second-order valence-corrected chi connectivity index (χ2v) is 7.54. The Morgan fingerprint density at radius 1 is 1.33 bits per heavy atom. The van der Waals surface area contributed by atoms with Crippen LogP contribution in [0.1, 0.15) is 13.8 Å². The summed E-state index contributed by atoms with van der Waals surface area (Å²) in [4.78, 5) is 10.2. The summed E-state index contributed by atoms with van der Waals surface area (Å²) in [6, 6.07) is 0. The Balaban J connectivity index is 3.27. The lowest BCUT2D eigenvalue weighted by atomic mass is 10.6. The Morgan fingerprint density at radius 3 is 2.13 bits per heavy atom. The number of hydrogen-bond donors (Lipinski definition) is 0. The van der Waals surface area contributed by atoms with Crippen LogP contribution in [0.3, 0.4) is 0 Å². The quantitative estimate of drug-likeness (QED) is 0.699. The number of rotatable bonds is 3. The van der Waals surface area contributed by atoms with Crippen molar-refractivity contribution < 1.29 is 18.3 Å². The highest BCUT2D eigenvalue weighted by molar-refractivity contribution is 8.28. The maximum absolute atomic E-state index is 11.7. The average molecular weight is 265 g/mol. The molecule has 0 N–H and O–H groups in total. The Morgan fingerprint density at radius 2 is 1.80 bits per heavy atom. The molecule has 0 radical (unpaired) electrons. The van der Waals surface area contributed by atoms with Gasteiger partial charge in [0.15, 0.2) is 9.84 Å². The van der Waals surface area contributed by atoms with Crippen molar-refractivity contribution in [3.8, 4) is 0 Å². The predicted octanol–water partition coefficient (Wildman–Crippen LogP) is 0.680. The third kappa shape index (κ3) is 2.59. The molecule has 15 heavy (non-hydrogen) atoms. The van der Waals surface area contributed by atoms with Gasteiger partial charge in [0.1, 0.15) is 4.91 Å². The van der Waals surface area contributed by atoms with Gasteiger partial charge in [0.25, 0.3) is 0 Å². The van der Waals surface area contributed by atoms with E-state index in [0.717, 1.165) is 23.5 Å². The van der Waals surface area contributed by atoms with Gasteiger partial charge in [-0.25, -0.2) is 8.42 Å².